The first-order valence-electron chi connectivity index (χ1n) is 12.9. The molecule has 0 spiro atoms. The van der Waals surface area contributed by atoms with Gasteiger partial charge in [0, 0.05) is 35.6 Å². The van der Waals surface area contributed by atoms with Crippen LogP contribution in [0.3, 0.4) is 0 Å². The molecule has 1 aliphatic rings. The number of aromatic nitrogens is 1. The van der Waals surface area contributed by atoms with Crippen molar-refractivity contribution in [2.45, 2.75) is 13.3 Å². The van der Waals surface area contributed by atoms with Crippen molar-refractivity contribution < 1.29 is 19.6 Å². The van der Waals surface area contributed by atoms with E-state index >= 15 is 0 Å². The van der Waals surface area contributed by atoms with E-state index in [0.29, 0.717) is 16.5 Å². The Hall–Kier alpha value is -3.42. The van der Waals surface area contributed by atoms with E-state index in [1.165, 1.54) is 44.4 Å². The first-order valence-corrected chi connectivity index (χ1v) is 13.6. The summed E-state index contributed by atoms with van der Waals surface area (Å²) in [5.41, 5.74) is 5.73. The molecule has 202 valence electrons. The number of piperazine rings is 1. The molecule has 0 amide bonds. The quantitative estimate of drug-likeness (QED) is 0.165. The highest BCUT2D eigenvalue weighted by Crippen LogP contribution is 2.41. The molecule has 0 radical (unpaired) electrons. The molecular formula is C31H31Cl2FN3O2+. The number of aromatic amines is 1. The summed E-state index contributed by atoms with van der Waals surface area (Å²) in [6.45, 7) is 6.93. The third-order valence-corrected chi connectivity index (χ3v) is 7.18. The second-order valence-electron chi connectivity index (χ2n) is 9.10. The van der Waals surface area contributed by atoms with E-state index in [1.54, 1.807) is 6.07 Å². The van der Waals surface area contributed by atoms with Crippen LogP contribution in [0.5, 0.6) is 0 Å². The van der Waals surface area contributed by atoms with E-state index in [2.05, 4.69) is 15.6 Å². The van der Waals surface area contributed by atoms with Gasteiger partial charge in [-0.1, -0.05) is 78.7 Å². The van der Waals surface area contributed by atoms with Gasteiger partial charge in [0.1, 0.15) is 5.82 Å². The number of quaternary nitrogens is 1. The average molecular weight is 568 g/mol. The first kappa shape index (κ1) is 28.6. The predicted molar refractivity (Wildman–Crippen MR) is 159 cm³/mol. The van der Waals surface area contributed by atoms with Gasteiger partial charge in [0.2, 0.25) is 0 Å². The van der Waals surface area contributed by atoms with Gasteiger partial charge in [-0.15, -0.1) is 0 Å². The normalized spacial score (nSPS) is 14.2. The number of para-hydroxylation sites is 1. The number of fused-ring (bicyclic) bond motifs is 1. The van der Waals surface area contributed by atoms with Crippen molar-refractivity contribution in [1.82, 2.24) is 10.3 Å². The number of nitrogens with two attached hydrogens (primary N) is 1. The number of benzene rings is 3. The van der Waals surface area contributed by atoms with E-state index in [1.807, 2.05) is 55.5 Å². The molecule has 0 unspecified atom stereocenters. The summed E-state index contributed by atoms with van der Waals surface area (Å²) in [6, 6.07) is 19.6. The van der Waals surface area contributed by atoms with Crippen molar-refractivity contribution in [2.75, 3.05) is 26.2 Å². The van der Waals surface area contributed by atoms with E-state index < -0.39 is 11.8 Å². The molecule has 4 aromatic rings. The van der Waals surface area contributed by atoms with Crippen molar-refractivity contribution in [2.24, 2.45) is 0 Å². The topological polar surface area (TPSA) is 81.7 Å². The molecule has 2 heterocycles. The molecule has 0 bridgehead atoms. The van der Waals surface area contributed by atoms with Crippen LogP contribution in [0.4, 0.5) is 4.39 Å². The number of nitrogens with one attached hydrogen (secondary N) is 2. The van der Waals surface area contributed by atoms with E-state index in [0.717, 1.165) is 50.5 Å². The minimum absolute atomic E-state index is 0.317. The smallest absolute Gasteiger partial charge is 0.328 e. The number of hydrogen-bond donors (Lipinski definition) is 4. The first-order chi connectivity index (χ1) is 18.9. The van der Waals surface area contributed by atoms with E-state index in [-0.39, 0.29) is 0 Å². The summed E-state index contributed by atoms with van der Waals surface area (Å²) in [4.78, 5) is 14.3. The monoisotopic (exact) mass is 566 g/mol. The molecule has 5 rings (SSSR count). The fraction of sp³-hybridized carbons (Fsp3) is 0.194. The third-order valence-electron chi connectivity index (χ3n) is 6.47. The molecule has 5 N–H and O–H groups in total. The second kappa shape index (κ2) is 13.6. The maximum Gasteiger partial charge on any atom is 0.328 e. The van der Waals surface area contributed by atoms with Crippen LogP contribution in [0.25, 0.3) is 28.1 Å². The molecule has 1 fully saturated rings. The summed E-state index contributed by atoms with van der Waals surface area (Å²) in [5, 5.41) is 16.3. The maximum atomic E-state index is 13.8. The lowest BCUT2D eigenvalue weighted by atomic mass is 9.90. The Morgan fingerprint density at radius 1 is 1.05 bits per heavy atom. The third kappa shape index (κ3) is 7.16. The van der Waals surface area contributed by atoms with Gasteiger partial charge in [0.05, 0.1) is 28.8 Å². The second-order valence-corrected chi connectivity index (χ2v) is 9.89. The molecule has 39 heavy (non-hydrogen) atoms. The van der Waals surface area contributed by atoms with Gasteiger partial charge < -0.3 is 20.7 Å². The van der Waals surface area contributed by atoms with Crippen molar-refractivity contribution in [3.63, 3.8) is 0 Å². The lowest BCUT2D eigenvalue weighted by Gasteiger charge is -2.17. The summed E-state index contributed by atoms with van der Waals surface area (Å²) in [5.74, 6) is -1.41. The molecular weight excluding hydrogens is 536 g/mol. The Morgan fingerprint density at radius 2 is 1.77 bits per heavy atom. The number of allylic oxidation sites excluding steroid dienone is 1. The Morgan fingerprint density at radius 3 is 2.33 bits per heavy atom. The molecule has 1 aromatic heterocycles. The number of aliphatic carboxylic acids is 1. The molecule has 0 aliphatic carbocycles. The molecule has 8 heteroatoms. The van der Waals surface area contributed by atoms with Crippen LogP contribution in [-0.2, 0) is 4.79 Å². The van der Waals surface area contributed by atoms with Crippen molar-refractivity contribution in [1.29, 1.82) is 0 Å². The van der Waals surface area contributed by atoms with E-state index in [9.17, 15) is 9.18 Å². The number of halogens is 3. The lowest BCUT2D eigenvalue weighted by Crippen LogP contribution is -2.89. The van der Waals surface area contributed by atoms with Crippen molar-refractivity contribution in [3.05, 3.63) is 111 Å². The van der Waals surface area contributed by atoms with Gasteiger partial charge >= 0.3 is 5.97 Å². The molecule has 5 nitrogen and oxygen atoms in total. The van der Waals surface area contributed by atoms with Crippen LogP contribution in [0.15, 0.2) is 72.8 Å². The maximum absolute atomic E-state index is 13.8. The number of carboxylic acid groups (broad SMARTS) is 1. The molecule has 1 saturated heterocycles. The van der Waals surface area contributed by atoms with Crippen LogP contribution < -0.4 is 10.6 Å². The Bertz CT molecular complexity index is 1490. The number of hydrogen-bond acceptors (Lipinski definition) is 2. The number of carboxylic acids is 1. The van der Waals surface area contributed by atoms with E-state index in [4.69, 9.17) is 28.3 Å². The van der Waals surface area contributed by atoms with Gasteiger partial charge in [0.15, 0.2) is 0 Å². The van der Waals surface area contributed by atoms with Gasteiger partial charge in [0.25, 0.3) is 0 Å². The minimum atomic E-state index is -1.01. The van der Waals surface area contributed by atoms with Crippen molar-refractivity contribution >= 4 is 57.3 Å². The molecule has 1 aliphatic heterocycles. The summed E-state index contributed by atoms with van der Waals surface area (Å²) in [6.07, 6.45) is 3.24. The predicted octanol–water partition coefficient (Wildman–Crippen LogP) is 6.23. The zero-order valence-electron chi connectivity index (χ0n) is 21.6. The van der Waals surface area contributed by atoms with Crippen LogP contribution in [-0.4, -0.2) is 42.2 Å². The van der Waals surface area contributed by atoms with Gasteiger partial charge in [-0.25, -0.2) is 9.18 Å². The Labute approximate surface area is 237 Å². The average Bonchev–Trinajstić information content (AvgIpc) is 3.28. The zero-order chi connectivity index (χ0) is 27.8. The van der Waals surface area contributed by atoms with Gasteiger partial charge in [-0.3, -0.25) is 0 Å². The Balaban J connectivity index is 0.000000519. The summed E-state index contributed by atoms with van der Waals surface area (Å²) >= 11 is 13.3. The number of rotatable bonds is 6. The molecule has 0 saturated carbocycles. The lowest BCUT2D eigenvalue weighted by molar-refractivity contribution is -0.657. The highest BCUT2D eigenvalue weighted by Gasteiger charge is 2.20. The van der Waals surface area contributed by atoms with Crippen LogP contribution in [0, 0.1) is 5.82 Å². The molecule has 3 aromatic carbocycles. The highest BCUT2D eigenvalue weighted by atomic mass is 35.5. The van der Waals surface area contributed by atoms with Crippen LogP contribution in [0.1, 0.15) is 35.7 Å². The van der Waals surface area contributed by atoms with Crippen molar-refractivity contribution in [3.8, 4) is 0 Å². The SMILES string of the molecule is C1C[NH2+]CCN1.CC/C(=C(/c1ccc(/C=C/C(=O)O)cc1)c1[nH]c2ccccc2c1Cl)c1ccc(F)cc1Cl. The fourth-order valence-corrected chi connectivity index (χ4v) is 5.18. The zero-order valence-corrected chi connectivity index (χ0v) is 23.1. The van der Waals surface area contributed by atoms with Gasteiger partial charge in [-0.05, 0) is 53.0 Å². The number of H-pyrrole nitrogens is 1. The molecule has 0 atom stereocenters. The van der Waals surface area contributed by atoms with Crippen LogP contribution >= 0.6 is 23.2 Å². The Kier molecular flexibility index (Phi) is 9.96. The van der Waals surface area contributed by atoms with Crippen LogP contribution in [0.2, 0.25) is 10.0 Å². The largest absolute Gasteiger partial charge is 0.478 e. The summed E-state index contributed by atoms with van der Waals surface area (Å²) in [7, 11) is 0. The van der Waals surface area contributed by atoms with Gasteiger partial charge in [-0.2, -0.15) is 0 Å². The highest BCUT2D eigenvalue weighted by molar-refractivity contribution is 6.38. The fourth-order valence-electron chi connectivity index (χ4n) is 4.59. The minimum Gasteiger partial charge on any atom is -0.478 e. The number of carbonyl (C=O) groups is 1. The summed E-state index contributed by atoms with van der Waals surface area (Å²) < 4.78 is 13.8. The standard InChI is InChI=1S/C27H20Cl2FNO2.C4H10N2/c1-2-19(20-13-12-18(30)15-22(20)28)25(17-10-7-16(8-11-17)9-14-24(32)33)27-26(29)21-5-3-4-6-23(21)31-27;1-2-6-4-3-5-1/h3-15,31H,2H2,1H3,(H,32,33);5-6H,1-4H2/p+1/b14-9+,25-19+;.